The average Bonchev–Trinajstić information content (AvgIpc) is 2.79. The first-order valence-electron chi connectivity index (χ1n) is 6.91. The zero-order valence-corrected chi connectivity index (χ0v) is 13.7. The molecule has 2 heterocycles. The second-order valence-electron chi connectivity index (χ2n) is 5.81. The summed E-state index contributed by atoms with van der Waals surface area (Å²) in [7, 11) is 0. The van der Waals surface area contributed by atoms with E-state index in [1.54, 1.807) is 23.1 Å². The van der Waals surface area contributed by atoms with Gasteiger partial charge in [0.15, 0.2) is 4.34 Å². The molecular weight excluding hydrogens is 288 g/mol. The van der Waals surface area contributed by atoms with E-state index in [0.717, 1.165) is 29.3 Å². The Bertz CT molecular complexity index is 609. The van der Waals surface area contributed by atoms with Gasteiger partial charge in [0.2, 0.25) is 0 Å². The molecule has 20 heavy (non-hydrogen) atoms. The second kappa shape index (κ2) is 5.54. The maximum atomic E-state index is 5.77. The summed E-state index contributed by atoms with van der Waals surface area (Å²) in [6.07, 6.45) is 4.19. The monoisotopic (exact) mass is 308 g/mol. The Labute approximate surface area is 128 Å². The summed E-state index contributed by atoms with van der Waals surface area (Å²) >= 11 is 3.47. The fraction of sp³-hybridized carbons (Fsp3) is 0.533. The molecule has 1 saturated heterocycles. The summed E-state index contributed by atoms with van der Waals surface area (Å²) in [5, 5.41) is 3.65. The standard InChI is InChI=1S/C15H20N2OS2/c1-15(2)9-11(6-7-18-15)16-10-4-5-12-13(8-10)20-14(17-12)19-3/h4-5,8,11,16H,6-7,9H2,1-3H3. The van der Waals surface area contributed by atoms with Gasteiger partial charge in [-0.25, -0.2) is 4.98 Å². The van der Waals surface area contributed by atoms with E-state index in [0.29, 0.717) is 6.04 Å². The number of nitrogens with zero attached hydrogens (tertiary/aromatic N) is 1. The zero-order chi connectivity index (χ0) is 14.2. The fourth-order valence-electron chi connectivity index (χ4n) is 2.67. The van der Waals surface area contributed by atoms with Crippen molar-refractivity contribution >= 4 is 39.0 Å². The van der Waals surface area contributed by atoms with Gasteiger partial charge >= 0.3 is 0 Å². The molecule has 2 aromatic rings. The van der Waals surface area contributed by atoms with Gasteiger partial charge in [0, 0.05) is 18.3 Å². The molecule has 3 rings (SSSR count). The number of hydrogen-bond acceptors (Lipinski definition) is 5. The minimum atomic E-state index is -0.0173. The van der Waals surface area contributed by atoms with Crippen molar-refractivity contribution in [2.45, 2.75) is 42.7 Å². The molecule has 5 heteroatoms. The van der Waals surface area contributed by atoms with Crippen LogP contribution in [0.1, 0.15) is 26.7 Å². The number of aromatic nitrogens is 1. The molecule has 108 valence electrons. The molecule has 0 radical (unpaired) electrons. The van der Waals surface area contributed by atoms with Crippen LogP contribution >= 0.6 is 23.1 Å². The van der Waals surface area contributed by atoms with Gasteiger partial charge in [-0.3, -0.25) is 0 Å². The molecule has 0 aliphatic carbocycles. The molecule has 1 aromatic carbocycles. The van der Waals surface area contributed by atoms with E-state index < -0.39 is 0 Å². The quantitative estimate of drug-likeness (QED) is 0.853. The first kappa shape index (κ1) is 14.2. The molecule has 1 aliphatic rings. The Morgan fingerprint density at radius 3 is 3.05 bits per heavy atom. The molecule has 1 aliphatic heterocycles. The molecule has 0 bridgehead atoms. The van der Waals surface area contributed by atoms with E-state index in [9.17, 15) is 0 Å². The number of thioether (sulfide) groups is 1. The van der Waals surface area contributed by atoms with Crippen LogP contribution in [0.4, 0.5) is 5.69 Å². The van der Waals surface area contributed by atoms with Crippen LogP contribution in [0.5, 0.6) is 0 Å². The lowest BCUT2D eigenvalue weighted by molar-refractivity contribution is -0.0553. The van der Waals surface area contributed by atoms with Gasteiger partial charge in [-0.15, -0.1) is 11.3 Å². The summed E-state index contributed by atoms with van der Waals surface area (Å²) in [6, 6.07) is 6.95. The number of nitrogens with one attached hydrogen (secondary N) is 1. The predicted octanol–water partition coefficient (Wildman–Crippen LogP) is 4.39. The highest BCUT2D eigenvalue weighted by Crippen LogP contribution is 2.31. The lowest BCUT2D eigenvalue weighted by Crippen LogP contribution is -2.40. The van der Waals surface area contributed by atoms with E-state index in [-0.39, 0.29) is 5.60 Å². The number of rotatable bonds is 3. The van der Waals surface area contributed by atoms with Gasteiger partial charge in [-0.2, -0.15) is 0 Å². The maximum absolute atomic E-state index is 5.77. The lowest BCUT2D eigenvalue weighted by Gasteiger charge is -2.36. The Morgan fingerprint density at radius 1 is 1.45 bits per heavy atom. The smallest absolute Gasteiger partial charge is 0.150 e. The first-order chi connectivity index (χ1) is 9.55. The Morgan fingerprint density at radius 2 is 2.30 bits per heavy atom. The highest BCUT2D eigenvalue weighted by molar-refractivity contribution is 8.00. The Balaban J connectivity index is 1.77. The van der Waals surface area contributed by atoms with Crippen molar-refractivity contribution in [3.05, 3.63) is 18.2 Å². The minimum absolute atomic E-state index is 0.0173. The van der Waals surface area contributed by atoms with Crippen molar-refractivity contribution in [2.24, 2.45) is 0 Å². The first-order valence-corrected chi connectivity index (χ1v) is 8.95. The number of benzene rings is 1. The van der Waals surface area contributed by atoms with Gasteiger partial charge in [0.1, 0.15) is 0 Å². The number of hydrogen-bond donors (Lipinski definition) is 1. The fourth-order valence-corrected chi connectivity index (χ4v) is 4.20. The predicted molar refractivity (Wildman–Crippen MR) is 88.1 cm³/mol. The molecule has 1 N–H and O–H groups in total. The molecule has 0 amide bonds. The van der Waals surface area contributed by atoms with Gasteiger partial charge < -0.3 is 10.1 Å². The zero-order valence-electron chi connectivity index (χ0n) is 12.1. The molecule has 0 spiro atoms. The number of thiazole rings is 1. The van der Waals surface area contributed by atoms with Crippen LogP contribution < -0.4 is 5.32 Å². The van der Waals surface area contributed by atoms with Crippen molar-refractivity contribution in [3.8, 4) is 0 Å². The van der Waals surface area contributed by atoms with E-state index in [4.69, 9.17) is 4.74 Å². The summed E-state index contributed by atoms with van der Waals surface area (Å²) < 4.78 is 8.15. The molecule has 1 aromatic heterocycles. The summed E-state index contributed by atoms with van der Waals surface area (Å²) in [6.45, 7) is 5.17. The molecule has 1 unspecified atom stereocenters. The van der Waals surface area contributed by atoms with Crippen molar-refractivity contribution in [1.82, 2.24) is 4.98 Å². The van der Waals surface area contributed by atoms with Gasteiger partial charge in [-0.1, -0.05) is 11.8 Å². The normalized spacial score (nSPS) is 22.1. The topological polar surface area (TPSA) is 34.2 Å². The summed E-state index contributed by atoms with van der Waals surface area (Å²) in [4.78, 5) is 4.58. The third-order valence-corrected chi connectivity index (χ3v) is 5.61. The van der Waals surface area contributed by atoms with Crippen LogP contribution in [0, 0.1) is 0 Å². The molecule has 3 nitrogen and oxygen atoms in total. The van der Waals surface area contributed by atoms with Crippen LogP contribution in [-0.2, 0) is 4.74 Å². The Hall–Kier alpha value is -0.780. The van der Waals surface area contributed by atoms with Gasteiger partial charge in [-0.05, 0) is 51.1 Å². The van der Waals surface area contributed by atoms with E-state index in [1.807, 2.05) is 0 Å². The third-order valence-electron chi connectivity index (χ3n) is 3.61. The van der Waals surface area contributed by atoms with Crippen molar-refractivity contribution < 1.29 is 4.74 Å². The lowest BCUT2D eigenvalue weighted by atomic mass is 9.94. The van der Waals surface area contributed by atoms with Crippen LogP contribution in [0.15, 0.2) is 22.5 Å². The number of fused-ring (bicyclic) bond motifs is 1. The molecular formula is C15H20N2OS2. The average molecular weight is 308 g/mol. The van der Waals surface area contributed by atoms with Crippen molar-refractivity contribution in [3.63, 3.8) is 0 Å². The van der Waals surface area contributed by atoms with Crippen LogP contribution in [0.3, 0.4) is 0 Å². The largest absolute Gasteiger partial charge is 0.382 e. The minimum Gasteiger partial charge on any atom is -0.382 e. The van der Waals surface area contributed by atoms with E-state index in [1.165, 1.54) is 10.4 Å². The molecule has 0 saturated carbocycles. The number of ether oxygens (including phenoxy) is 1. The molecule has 1 fully saturated rings. The van der Waals surface area contributed by atoms with Gasteiger partial charge in [0.05, 0.1) is 15.8 Å². The molecule has 1 atom stereocenters. The maximum Gasteiger partial charge on any atom is 0.150 e. The van der Waals surface area contributed by atoms with Crippen LogP contribution in [0.2, 0.25) is 0 Å². The SMILES string of the molecule is CSc1nc2ccc(NC3CCOC(C)(C)C3)cc2s1. The highest BCUT2D eigenvalue weighted by atomic mass is 32.2. The van der Waals surface area contributed by atoms with E-state index >= 15 is 0 Å². The van der Waals surface area contributed by atoms with Crippen molar-refractivity contribution in [2.75, 3.05) is 18.2 Å². The van der Waals surface area contributed by atoms with Crippen molar-refractivity contribution in [1.29, 1.82) is 0 Å². The third kappa shape index (κ3) is 3.10. The summed E-state index contributed by atoms with van der Waals surface area (Å²) in [5.74, 6) is 0. The van der Waals surface area contributed by atoms with Gasteiger partial charge in [0.25, 0.3) is 0 Å². The second-order valence-corrected chi connectivity index (χ2v) is 7.89. The van der Waals surface area contributed by atoms with Crippen LogP contribution in [0.25, 0.3) is 10.2 Å². The van der Waals surface area contributed by atoms with E-state index in [2.05, 4.69) is 48.6 Å². The highest BCUT2D eigenvalue weighted by Gasteiger charge is 2.28. The summed E-state index contributed by atoms with van der Waals surface area (Å²) in [5.41, 5.74) is 2.27. The van der Waals surface area contributed by atoms with Crippen LogP contribution in [-0.4, -0.2) is 29.5 Å². The Kier molecular flexibility index (Phi) is 3.93. The number of anilines is 1.